The highest BCUT2D eigenvalue weighted by molar-refractivity contribution is 6.19. The minimum atomic E-state index is 0.470. The van der Waals surface area contributed by atoms with Crippen molar-refractivity contribution in [3.8, 4) is 22.4 Å². The maximum atomic E-state index is 4.94. The fourth-order valence-electron chi connectivity index (χ4n) is 6.56. The topological polar surface area (TPSA) is 12.9 Å². The van der Waals surface area contributed by atoms with Gasteiger partial charge < -0.3 is 0 Å². The van der Waals surface area contributed by atoms with Crippen LogP contribution in [0.1, 0.15) is 101 Å². The van der Waals surface area contributed by atoms with Crippen LogP contribution in [0.4, 0.5) is 0 Å². The van der Waals surface area contributed by atoms with Gasteiger partial charge in [-0.15, -0.1) is 0 Å². The van der Waals surface area contributed by atoms with Gasteiger partial charge in [-0.3, -0.25) is 4.98 Å². The first kappa shape index (κ1) is 28.2. The summed E-state index contributed by atoms with van der Waals surface area (Å²) in [6, 6.07) is 32.3. The summed E-state index contributed by atoms with van der Waals surface area (Å²) in [4.78, 5) is 4.94. The standard InChI is InChI=1S/C41H43N/c1-24(2)30-21-31(25(3)4)23-32(22-30)41-39-17-16-36-35-14-13-29(20-28(35)12-15-37(36)38(39)18-19-42-41)40-33(26(5)6)10-9-11-34(40)27(7)8/h9-27H,1-8H3. The molecule has 1 heterocycles. The number of benzene rings is 5. The first-order valence-electron chi connectivity index (χ1n) is 15.7. The molecule has 6 rings (SSSR count). The summed E-state index contributed by atoms with van der Waals surface area (Å²) >= 11 is 0. The molecule has 0 radical (unpaired) electrons. The van der Waals surface area contributed by atoms with E-state index >= 15 is 0 Å². The van der Waals surface area contributed by atoms with Crippen LogP contribution in [0.25, 0.3) is 54.7 Å². The Bertz CT molecular complexity index is 1880. The molecule has 0 N–H and O–H groups in total. The van der Waals surface area contributed by atoms with E-state index < -0.39 is 0 Å². The zero-order chi connectivity index (χ0) is 29.7. The van der Waals surface area contributed by atoms with Crippen LogP contribution in [0.3, 0.4) is 0 Å². The van der Waals surface area contributed by atoms with Gasteiger partial charge in [-0.25, -0.2) is 0 Å². The van der Waals surface area contributed by atoms with E-state index in [1.165, 1.54) is 71.3 Å². The highest BCUT2D eigenvalue weighted by Gasteiger charge is 2.17. The minimum absolute atomic E-state index is 0.470. The molecule has 1 heteroatoms. The first-order chi connectivity index (χ1) is 20.1. The average molecular weight is 550 g/mol. The van der Waals surface area contributed by atoms with Gasteiger partial charge >= 0.3 is 0 Å². The Labute approximate surface area is 251 Å². The van der Waals surface area contributed by atoms with Gasteiger partial charge in [0.2, 0.25) is 0 Å². The van der Waals surface area contributed by atoms with Crippen molar-refractivity contribution in [1.82, 2.24) is 4.98 Å². The quantitative estimate of drug-likeness (QED) is 0.188. The predicted molar refractivity (Wildman–Crippen MR) is 184 cm³/mol. The molecule has 0 aliphatic carbocycles. The zero-order valence-corrected chi connectivity index (χ0v) is 26.4. The summed E-state index contributed by atoms with van der Waals surface area (Å²) in [6.45, 7) is 18.3. The lowest BCUT2D eigenvalue weighted by Gasteiger charge is -2.20. The fraction of sp³-hybridized carbons (Fsp3) is 0.293. The SMILES string of the molecule is CC(C)c1cc(-c2nccc3c2ccc2c4ccc(-c5c(C(C)C)cccc5C(C)C)cc4ccc32)cc(C(C)C)c1. The smallest absolute Gasteiger partial charge is 0.0780 e. The van der Waals surface area contributed by atoms with Crippen LogP contribution < -0.4 is 0 Å². The van der Waals surface area contributed by atoms with Crippen molar-refractivity contribution in [2.45, 2.75) is 79.1 Å². The maximum absolute atomic E-state index is 4.94. The lowest BCUT2D eigenvalue weighted by atomic mass is 9.84. The summed E-state index contributed by atoms with van der Waals surface area (Å²) in [7, 11) is 0. The van der Waals surface area contributed by atoms with Gasteiger partial charge in [0.05, 0.1) is 5.69 Å². The molecular weight excluding hydrogens is 506 g/mol. The van der Waals surface area contributed by atoms with Crippen molar-refractivity contribution in [1.29, 1.82) is 0 Å². The van der Waals surface area contributed by atoms with Gasteiger partial charge in [0, 0.05) is 17.1 Å². The Morgan fingerprint density at radius 2 is 1.00 bits per heavy atom. The molecule has 0 saturated heterocycles. The number of hydrogen-bond donors (Lipinski definition) is 0. The van der Waals surface area contributed by atoms with Gasteiger partial charge in [0.15, 0.2) is 0 Å². The molecule has 1 aromatic heterocycles. The molecule has 1 nitrogen and oxygen atoms in total. The van der Waals surface area contributed by atoms with Crippen LogP contribution in [-0.2, 0) is 0 Å². The second-order valence-electron chi connectivity index (χ2n) is 13.2. The molecule has 6 aromatic rings. The monoisotopic (exact) mass is 549 g/mol. The molecule has 0 saturated carbocycles. The van der Waals surface area contributed by atoms with Gasteiger partial charge in [-0.2, -0.15) is 0 Å². The number of hydrogen-bond acceptors (Lipinski definition) is 1. The van der Waals surface area contributed by atoms with E-state index in [1.54, 1.807) is 0 Å². The van der Waals surface area contributed by atoms with Crippen molar-refractivity contribution in [2.24, 2.45) is 0 Å². The van der Waals surface area contributed by atoms with E-state index in [4.69, 9.17) is 4.98 Å². The molecule has 0 amide bonds. The van der Waals surface area contributed by atoms with E-state index in [1.807, 2.05) is 6.20 Å². The van der Waals surface area contributed by atoms with E-state index in [-0.39, 0.29) is 0 Å². The number of aromatic nitrogens is 1. The summed E-state index contributed by atoms with van der Waals surface area (Å²) < 4.78 is 0. The Morgan fingerprint density at radius 3 is 1.62 bits per heavy atom. The van der Waals surface area contributed by atoms with Crippen molar-refractivity contribution in [2.75, 3.05) is 0 Å². The average Bonchev–Trinajstić information content (AvgIpc) is 2.99. The lowest BCUT2D eigenvalue weighted by molar-refractivity contribution is 0.834. The van der Waals surface area contributed by atoms with Gasteiger partial charge in [0.1, 0.15) is 0 Å². The van der Waals surface area contributed by atoms with E-state index in [0.717, 1.165) is 5.69 Å². The number of pyridine rings is 1. The van der Waals surface area contributed by atoms with Crippen LogP contribution in [0.2, 0.25) is 0 Å². The molecule has 42 heavy (non-hydrogen) atoms. The van der Waals surface area contributed by atoms with E-state index in [0.29, 0.717) is 23.7 Å². The maximum Gasteiger partial charge on any atom is 0.0780 e. The second-order valence-corrected chi connectivity index (χ2v) is 13.2. The minimum Gasteiger partial charge on any atom is -0.256 e. The van der Waals surface area contributed by atoms with Crippen molar-refractivity contribution in [3.05, 3.63) is 113 Å². The Balaban J connectivity index is 1.54. The van der Waals surface area contributed by atoms with E-state index in [2.05, 4.69) is 140 Å². The van der Waals surface area contributed by atoms with E-state index in [9.17, 15) is 0 Å². The van der Waals surface area contributed by atoms with Gasteiger partial charge in [-0.1, -0.05) is 116 Å². The molecule has 0 bridgehead atoms. The molecule has 0 atom stereocenters. The highest BCUT2D eigenvalue weighted by Crippen LogP contribution is 2.40. The molecule has 0 aliphatic rings. The lowest BCUT2D eigenvalue weighted by Crippen LogP contribution is -1.99. The summed E-state index contributed by atoms with van der Waals surface area (Å²) in [6.07, 6.45) is 1.98. The van der Waals surface area contributed by atoms with Crippen LogP contribution >= 0.6 is 0 Å². The number of nitrogens with zero attached hydrogens (tertiary/aromatic N) is 1. The third-order valence-corrected chi connectivity index (χ3v) is 9.00. The number of fused-ring (bicyclic) bond motifs is 5. The Hall–Kier alpha value is -3.97. The molecular formula is C41H43N. The largest absolute Gasteiger partial charge is 0.256 e. The first-order valence-corrected chi connectivity index (χ1v) is 15.7. The highest BCUT2D eigenvalue weighted by atomic mass is 14.7. The number of rotatable bonds is 6. The van der Waals surface area contributed by atoms with Crippen LogP contribution in [0.15, 0.2) is 91.1 Å². The molecule has 0 fully saturated rings. The fourth-order valence-corrected chi connectivity index (χ4v) is 6.56. The predicted octanol–water partition coefficient (Wildman–Crippen LogP) is 12.4. The van der Waals surface area contributed by atoms with Gasteiger partial charge in [-0.05, 0) is 108 Å². The normalized spacial score (nSPS) is 12.2. The third-order valence-electron chi connectivity index (χ3n) is 9.00. The second kappa shape index (κ2) is 11.0. The third kappa shape index (κ3) is 4.90. The van der Waals surface area contributed by atoms with Gasteiger partial charge in [0.25, 0.3) is 0 Å². The Morgan fingerprint density at radius 1 is 0.452 bits per heavy atom. The summed E-state index contributed by atoms with van der Waals surface area (Å²) in [5, 5.41) is 7.64. The van der Waals surface area contributed by atoms with Crippen molar-refractivity contribution >= 4 is 32.3 Å². The summed E-state index contributed by atoms with van der Waals surface area (Å²) in [5.74, 6) is 1.88. The van der Waals surface area contributed by atoms with Crippen LogP contribution in [-0.4, -0.2) is 4.98 Å². The van der Waals surface area contributed by atoms with Crippen molar-refractivity contribution in [3.63, 3.8) is 0 Å². The molecule has 5 aromatic carbocycles. The Kier molecular flexibility index (Phi) is 7.39. The molecule has 0 unspecified atom stereocenters. The summed E-state index contributed by atoms with van der Waals surface area (Å²) in [5.41, 5.74) is 10.6. The molecule has 212 valence electrons. The van der Waals surface area contributed by atoms with Crippen molar-refractivity contribution < 1.29 is 0 Å². The van der Waals surface area contributed by atoms with Crippen LogP contribution in [0, 0.1) is 0 Å². The van der Waals surface area contributed by atoms with Crippen LogP contribution in [0.5, 0.6) is 0 Å². The molecule has 0 spiro atoms. The zero-order valence-electron chi connectivity index (χ0n) is 26.4. The molecule has 0 aliphatic heterocycles.